The molecule has 0 bridgehead atoms. The van der Waals surface area contributed by atoms with E-state index in [1.54, 1.807) is 12.1 Å². The molecule has 102 valence electrons. The van der Waals surface area contributed by atoms with Gasteiger partial charge in [-0.2, -0.15) is 0 Å². The van der Waals surface area contributed by atoms with Gasteiger partial charge in [-0.25, -0.2) is 4.39 Å². The number of halogens is 2. The first-order valence-electron chi connectivity index (χ1n) is 6.19. The Hall–Kier alpha value is -1.84. The molecule has 1 N–H and O–H groups in total. The summed E-state index contributed by atoms with van der Waals surface area (Å²) in [6.45, 7) is 1.93. The van der Waals surface area contributed by atoms with Crippen molar-refractivity contribution in [3.05, 3.63) is 70.2 Å². The highest BCUT2D eigenvalue weighted by molar-refractivity contribution is 6.31. The molecule has 20 heavy (non-hydrogen) atoms. The smallest absolute Gasteiger partial charge is 0.142 e. The minimum atomic E-state index is -1.09. The third kappa shape index (κ3) is 2.09. The number of aliphatic hydroxyl groups is 1. The van der Waals surface area contributed by atoms with E-state index in [0.29, 0.717) is 16.9 Å². The van der Waals surface area contributed by atoms with Crippen LogP contribution in [-0.2, 0) is 0 Å². The molecule has 0 radical (unpaired) electrons. The summed E-state index contributed by atoms with van der Waals surface area (Å²) in [7, 11) is 0. The van der Waals surface area contributed by atoms with Gasteiger partial charge in [-0.1, -0.05) is 41.9 Å². The van der Waals surface area contributed by atoms with E-state index >= 15 is 0 Å². The zero-order valence-electron chi connectivity index (χ0n) is 10.7. The van der Waals surface area contributed by atoms with Gasteiger partial charge in [0.1, 0.15) is 23.3 Å². The van der Waals surface area contributed by atoms with Gasteiger partial charge in [-0.3, -0.25) is 0 Å². The van der Waals surface area contributed by atoms with Crippen molar-refractivity contribution in [2.45, 2.75) is 13.0 Å². The average molecular weight is 291 g/mol. The first-order chi connectivity index (χ1) is 9.58. The molecule has 2 nitrogen and oxygen atoms in total. The first-order valence-corrected chi connectivity index (χ1v) is 6.57. The Kier molecular flexibility index (Phi) is 3.24. The number of para-hydroxylation sites is 1. The summed E-state index contributed by atoms with van der Waals surface area (Å²) in [5.74, 6) is -0.211. The van der Waals surface area contributed by atoms with Crippen LogP contribution in [0.5, 0.6) is 0 Å². The van der Waals surface area contributed by atoms with E-state index in [4.69, 9.17) is 16.0 Å². The lowest BCUT2D eigenvalue weighted by molar-refractivity contribution is 0.192. The number of aryl methyl sites for hydroxylation is 1. The molecule has 0 fully saturated rings. The van der Waals surface area contributed by atoms with Crippen LogP contribution >= 0.6 is 11.6 Å². The Morgan fingerprint density at radius 3 is 2.70 bits per heavy atom. The Morgan fingerprint density at radius 1 is 1.20 bits per heavy atom. The third-order valence-corrected chi connectivity index (χ3v) is 3.70. The Morgan fingerprint density at radius 2 is 1.95 bits per heavy atom. The number of hydrogen-bond donors (Lipinski definition) is 1. The van der Waals surface area contributed by atoms with E-state index in [0.717, 1.165) is 10.9 Å². The van der Waals surface area contributed by atoms with Gasteiger partial charge in [0.25, 0.3) is 0 Å². The second-order valence-electron chi connectivity index (χ2n) is 4.69. The van der Waals surface area contributed by atoms with E-state index in [1.807, 2.05) is 25.1 Å². The SMILES string of the molecule is Cc1cccc2cc(C(O)c3cccc(F)c3Cl)oc12. The highest BCUT2D eigenvalue weighted by Crippen LogP contribution is 2.33. The summed E-state index contributed by atoms with van der Waals surface area (Å²) in [6, 6.07) is 11.8. The topological polar surface area (TPSA) is 33.4 Å². The normalized spacial score (nSPS) is 12.8. The molecule has 0 aliphatic heterocycles. The number of hydrogen-bond acceptors (Lipinski definition) is 2. The van der Waals surface area contributed by atoms with Crippen molar-refractivity contribution in [3.63, 3.8) is 0 Å². The summed E-state index contributed by atoms with van der Waals surface area (Å²) < 4.78 is 19.1. The minimum absolute atomic E-state index is 0.0859. The Labute approximate surface area is 120 Å². The standard InChI is InChI=1S/C16H12ClFO2/c1-9-4-2-5-10-8-13(20-16(9)10)15(19)11-6-3-7-12(18)14(11)17/h2-8,15,19H,1H3. The van der Waals surface area contributed by atoms with E-state index in [1.165, 1.54) is 12.1 Å². The summed E-state index contributed by atoms with van der Waals surface area (Å²) in [4.78, 5) is 0. The minimum Gasteiger partial charge on any atom is -0.458 e. The van der Waals surface area contributed by atoms with Gasteiger partial charge in [0, 0.05) is 10.9 Å². The summed E-state index contributed by atoms with van der Waals surface area (Å²) in [5, 5.41) is 11.2. The highest BCUT2D eigenvalue weighted by atomic mass is 35.5. The maximum atomic E-state index is 13.5. The third-order valence-electron chi connectivity index (χ3n) is 3.31. The fraction of sp³-hybridized carbons (Fsp3) is 0.125. The second kappa shape index (κ2) is 4.93. The van der Waals surface area contributed by atoms with Crippen LogP contribution in [0.3, 0.4) is 0 Å². The largest absolute Gasteiger partial charge is 0.458 e. The quantitative estimate of drug-likeness (QED) is 0.747. The van der Waals surface area contributed by atoms with Gasteiger partial charge in [0.15, 0.2) is 0 Å². The number of furan rings is 1. The van der Waals surface area contributed by atoms with Crippen LogP contribution in [0.15, 0.2) is 46.9 Å². The molecule has 0 saturated heterocycles. The summed E-state index contributed by atoms with van der Waals surface area (Å²) >= 11 is 5.89. The van der Waals surface area contributed by atoms with Crippen LogP contribution in [0.1, 0.15) is 23.0 Å². The van der Waals surface area contributed by atoms with E-state index in [9.17, 15) is 9.50 Å². The number of rotatable bonds is 2. The van der Waals surface area contributed by atoms with Crippen molar-refractivity contribution in [1.29, 1.82) is 0 Å². The second-order valence-corrected chi connectivity index (χ2v) is 5.07. The Bertz CT molecular complexity index is 779. The van der Waals surface area contributed by atoms with Gasteiger partial charge in [-0.15, -0.1) is 0 Å². The van der Waals surface area contributed by atoms with Crippen LogP contribution < -0.4 is 0 Å². The maximum Gasteiger partial charge on any atom is 0.142 e. The number of fused-ring (bicyclic) bond motifs is 1. The molecule has 0 aliphatic rings. The molecule has 0 spiro atoms. The molecule has 3 rings (SSSR count). The molecule has 1 heterocycles. The highest BCUT2D eigenvalue weighted by Gasteiger charge is 2.20. The lowest BCUT2D eigenvalue weighted by Gasteiger charge is -2.10. The van der Waals surface area contributed by atoms with Crippen molar-refractivity contribution >= 4 is 22.6 Å². The first kappa shape index (κ1) is 13.2. The van der Waals surface area contributed by atoms with Gasteiger partial charge >= 0.3 is 0 Å². The van der Waals surface area contributed by atoms with Crippen LogP contribution in [0.4, 0.5) is 4.39 Å². The van der Waals surface area contributed by atoms with Gasteiger partial charge in [0.2, 0.25) is 0 Å². The number of benzene rings is 2. The molecule has 0 saturated carbocycles. The van der Waals surface area contributed by atoms with Crippen LogP contribution in [0.25, 0.3) is 11.0 Å². The predicted octanol–water partition coefficient (Wildman–Crippen LogP) is 4.62. The van der Waals surface area contributed by atoms with Crippen LogP contribution in [0, 0.1) is 12.7 Å². The molecular weight excluding hydrogens is 279 g/mol. The molecule has 4 heteroatoms. The van der Waals surface area contributed by atoms with E-state index in [2.05, 4.69) is 0 Å². The Balaban J connectivity index is 2.10. The zero-order valence-corrected chi connectivity index (χ0v) is 11.5. The van der Waals surface area contributed by atoms with Gasteiger partial charge in [-0.05, 0) is 24.6 Å². The number of aliphatic hydroxyl groups excluding tert-OH is 1. The van der Waals surface area contributed by atoms with Crippen LogP contribution in [0.2, 0.25) is 5.02 Å². The monoisotopic (exact) mass is 290 g/mol. The van der Waals surface area contributed by atoms with Gasteiger partial charge < -0.3 is 9.52 Å². The molecule has 3 aromatic rings. The molecule has 2 aromatic carbocycles. The van der Waals surface area contributed by atoms with Crippen molar-refractivity contribution in [2.24, 2.45) is 0 Å². The molecule has 1 aromatic heterocycles. The molecule has 0 amide bonds. The molecule has 1 unspecified atom stereocenters. The van der Waals surface area contributed by atoms with Crippen molar-refractivity contribution in [1.82, 2.24) is 0 Å². The van der Waals surface area contributed by atoms with Crippen molar-refractivity contribution in [2.75, 3.05) is 0 Å². The summed E-state index contributed by atoms with van der Waals surface area (Å²) in [6.07, 6.45) is -1.09. The lowest BCUT2D eigenvalue weighted by Crippen LogP contribution is -2.00. The average Bonchev–Trinajstić information content (AvgIpc) is 2.87. The maximum absolute atomic E-state index is 13.5. The predicted molar refractivity (Wildman–Crippen MR) is 76.4 cm³/mol. The van der Waals surface area contributed by atoms with Gasteiger partial charge in [0.05, 0.1) is 5.02 Å². The zero-order chi connectivity index (χ0) is 14.3. The fourth-order valence-electron chi connectivity index (χ4n) is 2.25. The van der Waals surface area contributed by atoms with E-state index < -0.39 is 11.9 Å². The van der Waals surface area contributed by atoms with Crippen molar-refractivity contribution < 1.29 is 13.9 Å². The summed E-state index contributed by atoms with van der Waals surface area (Å²) in [5.41, 5.74) is 1.99. The van der Waals surface area contributed by atoms with Crippen LogP contribution in [-0.4, -0.2) is 5.11 Å². The van der Waals surface area contributed by atoms with Crippen molar-refractivity contribution in [3.8, 4) is 0 Å². The lowest BCUT2D eigenvalue weighted by atomic mass is 10.1. The fourth-order valence-corrected chi connectivity index (χ4v) is 2.48. The molecule has 1 atom stereocenters. The molecular formula is C16H12ClFO2. The molecule has 0 aliphatic carbocycles. The van der Waals surface area contributed by atoms with E-state index in [-0.39, 0.29) is 5.02 Å².